The Hall–Kier alpha value is -1.09. The van der Waals surface area contributed by atoms with Crippen LogP contribution in [0.1, 0.15) is 58.1 Å². The molecule has 2 rings (SSSR count). The van der Waals surface area contributed by atoms with Crippen LogP contribution < -0.4 is 10.5 Å². The van der Waals surface area contributed by atoms with Crippen LogP contribution in [0.4, 0.5) is 0 Å². The summed E-state index contributed by atoms with van der Waals surface area (Å²) in [5, 5.41) is 0. The van der Waals surface area contributed by atoms with Gasteiger partial charge in [0.2, 0.25) is 5.88 Å². The van der Waals surface area contributed by atoms with Gasteiger partial charge in [-0.3, -0.25) is 0 Å². The van der Waals surface area contributed by atoms with Gasteiger partial charge in [-0.25, -0.2) is 4.98 Å². The molecule has 1 aromatic heterocycles. The zero-order valence-electron chi connectivity index (χ0n) is 11.6. The Kier molecular flexibility index (Phi) is 3.91. The number of pyridine rings is 1. The highest BCUT2D eigenvalue weighted by molar-refractivity contribution is 5.28. The molecule has 1 aliphatic rings. The van der Waals surface area contributed by atoms with Crippen LogP contribution in [-0.4, -0.2) is 11.1 Å². The minimum Gasteiger partial charge on any atom is -0.474 e. The summed E-state index contributed by atoms with van der Waals surface area (Å²) in [6.07, 6.45) is 6.74. The van der Waals surface area contributed by atoms with Gasteiger partial charge in [-0.1, -0.05) is 19.9 Å². The number of rotatable bonds is 3. The Bertz CT molecular complexity index is 391. The Morgan fingerprint density at radius 1 is 1.39 bits per heavy atom. The Labute approximate surface area is 110 Å². The van der Waals surface area contributed by atoms with Crippen molar-refractivity contribution >= 4 is 0 Å². The van der Waals surface area contributed by atoms with E-state index in [9.17, 15) is 0 Å². The van der Waals surface area contributed by atoms with Gasteiger partial charge < -0.3 is 10.5 Å². The molecule has 2 N–H and O–H groups in total. The van der Waals surface area contributed by atoms with Crippen molar-refractivity contribution in [2.75, 3.05) is 0 Å². The molecule has 0 aliphatic heterocycles. The quantitative estimate of drug-likeness (QED) is 0.891. The van der Waals surface area contributed by atoms with E-state index in [1.54, 1.807) is 6.20 Å². The van der Waals surface area contributed by atoms with Crippen molar-refractivity contribution in [3.05, 3.63) is 23.9 Å². The second kappa shape index (κ2) is 5.27. The summed E-state index contributed by atoms with van der Waals surface area (Å²) in [6.45, 7) is 6.63. The predicted molar refractivity (Wildman–Crippen MR) is 73.5 cm³/mol. The lowest BCUT2D eigenvalue weighted by atomic mass is 9.76. The summed E-state index contributed by atoms with van der Waals surface area (Å²) in [7, 11) is 0. The van der Waals surface area contributed by atoms with Crippen molar-refractivity contribution in [2.45, 2.75) is 58.6 Å². The molecule has 0 saturated heterocycles. The first-order chi connectivity index (χ1) is 8.48. The summed E-state index contributed by atoms with van der Waals surface area (Å²) in [4.78, 5) is 4.33. The largest absolute Gasteiger partial charge is 0.474 e. The molecule has 0 bridgehead atoms. The molecule has 18 heavy (non-hydrogen) atoms. The van der Waals surface area contributed by atoms with Gasteiger partial charge in [-0.15, -0.1) is 0 Å². The van der Waals surface area contributed by atoms with Gasteiger partial charge in [-0.05, 0) is 44.1 Å². The van der Waals surface area contributed by atoms with Crippen molar-refractivity contribution in [1.82, 2.24) is 4.98 Å². The van der Waals surface area contributed by atoms with Crippen LogP contribution in [-0.2, 0) is 0 Å². The van der Waals surface area contributed by atoms with Crippen molar-refractivity contribution < 1.29 is 4.74 Å². The normalized spacial score (nSPS) is 21.6. The molecule has 3 nitrogen and oxygen atoms in total. The van der Waals surface area contributed by atoms with Gasteiger partial charge in [0.25, 0.3) is 0 Å². The fourth-order valence-corrected chi connectivity index (χ4v) is 2.50. The summed E-state index contributed by atoms with van der Waals surface area (Å²) >= 11 is 0. The van der Waals surface area contributed by atoms with Crippen LogP contribution in [0.15, 0.2) is 18.3 Å². The molecule has 100 valence electrons. The fourth-order valence-electron chi connectivity index (χ4n) is 2.50. The van der Waals surface area contributed by atoms with Crippen LogP contribution in [0.25, 0.3) is 0 Å². The third-order valence-electron chi connectivity index (χ3n) is 3.86. The zero-order valence-corrected chi connectivity index (χ0v) is 11.6. The number of hydrogen-bond acceptors (Lipinski definition) is 3. The SMILES string of the molecule is CC(N)c1cccnc1OC1CCC(C)(C)CC1. The van der Waals surface area contributed by atoms with E-state index >= 15 is 0 Å². The van der Waals surface area contributed by atoms with Crippen LogP contribution in [0.5, 0.6) is 5.88 Å². The van der Waals surface area contributed by atoms with E-state index in [0.717, 1.165) is 24.3 Å². The second-order valence-electron chi connectivity index (χ2n) is 6.17. The van der Waals surface area contributed by atoms with Crippen LogP contribution >= 0.6 is 0 Å². The van der Waals surface area contributed by atoms with Crippen LogP contribution in [0.3, 0.4) is 0 Å². The summed E-state index contributed by atoms with van der Waals surface area (Å²) < 4.78 is 6.05. The van der Waals surface area contributed by atoms with Crippen molar-refractivity contribution in [1.29, 1.82) is 0 Å². The highest BCUT2D eigenvalue weighted by atomic mass is 16.5. The van der Waals surface area contributed by atoms with Crippen molar-refractivity contribution in [2.24, 2.45) is 11.1 Å². The first-order valence-electron chi connectivity index (χ1n) is 6.85. The summed E-state index contributed by atoms with van der Waals surface area (Å²) in [6, 6.07) is 3.88. The van der Waals surface area contributed by atoms with Crippen molar-refractivity contribution in [3.8, 4) is 5.88 Å². The minimum absolute atomic E-state index is 0.0336. The topological polar surface area (TPSA) is 48.1 Å². The molecule has 1 fully saturated rings. The van der Waals surface area contributed by atoms with E-state index in [2.05, 4.69) is 18.8 Å². The lowest BCUT2D eigenvalue weighted by molar-refractivity contribution is 0.0937. The van der Waals surface area contributed by atoms with Gasteiger partial charge in [0.15, 0.2) is 0 Å². The number of aromatic nitrogens is 1. The molecule has 1 aliphatic carbocycles. The number of hydrogen-bond donors (Lipinski definition) is 1. The number of ether oxygens (including phenoxy) is 1. The van der Waals surface area contributed by atoms with Gasteiger partial charge in [-0.2, -0.15) is 0 Å². The van der Waals surface area contributed by atoms with E-state index in [4.69, 9.17) is 10.5 Å². The van der Waals surface area contributed by atoms with Crippen LogP contribution in [0, 0.1) is 5.41 Å². The van der Waals surface area contributed by atoms with E-state index in [-0.39, 0.29) is 6.04 Å². The molecule has 1 saturated carbocycles. The second-order valence-corrected chi connectivity index (χ2v) is 6.17. The lowest BCUT2D eigenvalue weighted by Crippen LogP contribution is -2.29. The third kappa shape index (κ3) is 3.22. The Morgan fingerprint density at radius 2 is 2.06 bits per heavy atom. The van der Waals surface area contributed by atoms with Crippen LogP contribution in [0.2, 0.25) is 0 Å². The summed E-state index contributed by atoms with van der Waals surface area (Å²) in [5.41, 5.74) is 7.41. The van der Waals surface area contributed by atoms with E-state index in [1.165, 1.54) is 12.8 Å². The Morgan fingerprint density at radius 3 is 2.67 bits per heavy atom. The number of nitrogens with zero attached hydrogens (tertiary/aromatic N) is 1. The average Bonchev–Trinajstić information content (AvgIpc) is 2.32. The van der Waals surface area contributed by atoms with E-state index in [0.29, 0.717) is 11.5 Å². The molecule has 1 aromatic rings. The molecule has 0 aromatic carbocycles. The molecular weight excluding hydrogens is 224 g/mol. The van der Waals surface area contributed by atoms with Gasteiger partial charge in [0.05, 0.1) is 0 Å². The van der Waals surface area contributed by atoms with E-state index < -0.39 is 0 Å². The maximum absolute atomic E-state index is 6.05. The Balaban J connectivity index is 2.02. The average molecular weight is 248 g/mol. The molecule has 1 atom stereocenters. The lowest BCUT2D eigenvalue weighted by Gasteiger charge is -2.34. The van der Waals surface area contributed by atoms with Gasteiger partial charge in [0.1, 0.15) is 6.10 Å². The summed E-state index contributed by atoms with van der Waals surface area (Å²) in [5.74, 6) is 0.720. The molecule has 3 heteroatoms. The zero-order chi connectivity index (χ0) is 13.2. The maximum atomic E-state index is 6.05. The standard InChI is InChI=1S/C15H24N2O/c1-11(16)13-5-4-10-17-14(13)18-12-6-8-15(2,3)9-7-12/h4-5,10-12H,6-9,16H2,1-3H3. The molecule has 1 heterocycles. The highest BCUT2D eigenvalue weighted by Gasteiger charge is 2.28. The first-order valence-corrected chi connectivity index (χ1v) is 6.85. The van der Waals surface area contributed by atoms with Gasteiger partial charge in [0, 0.05) is 17.8 Å². The van der Waals surface area contributed by atoms with E-state index in [1.807, 2.05) is 19.1 Å². The van der Waals surface area contributed by atoms with Gasteiger partial charge >= 0.3 is 0 Å². The smallest absolute Gasteiger partial charge is 0.218 e. The maximum Gasteiger partial charge on any atom is 0.218 e. The predicted octanol–water partition coefficient (Wildman–Crippen LogP) is 3.45. The molecule has 1 unspecified atom stereocenters. The molecule has 0 amide bonds. The minimum atomic E-state index is -0.0336. The third-order valence-corrected chi connectivity index (χ3v) is 3.86. The van der Waals surface area contributed by atoms with Crippen molar-refractivity contribution in [3.63, 3.8) is 0 Å². The molecule has 0 spiro atoms. The number of nitrogens with two attached hydrogens (primary N) is 1. The highest BCUT2D eigenvalue weighted by Crippen LogP contribution is 2.36. The first kappa shape index (κ1) is 13.3. The molecular formula is C15H24N2O. The molecule has 0 radical (unpaired) electrons. The fraction of sp³-hybridized carbons (Fsp3) is 0.667. The monoisotopic (exact) mass is 248 g/mol.